The Bertz CT molecular complexity index is 950. The number of aromatic nitrogens is 2. The minimum Gasteiger partial charge on any atom is -0.496 e. The van der Waals surface area contributed by atoms with Gasteiger partial charge in [0.05, 0.1) is 18.1 Å². The molecule has 0 radical (unpaired) electrons. The van der Waals surface area contributed by atoms with E-state index < -0.39 is 6.43 Å². The number of hydrogen-bond acceptors (Lipinski definition) is 3. The first-order chi connectivity index (χ1) is 12.4. The summed E-state index contributed by atoms with van der Waals surface area (Å²) < 4.78 is 32.6. The van der Waals surface area contributed by atoms with Crippen LogP contribution < -0.4 is 10.1 Å². The lowest BCUT2D eigenvalue weighted by molar-refractivity contribution is 0.0950. The van der Waals surface area contributed by atoms with Crippen molar-refractivity contribution >= 4 is 16.9 Å². The summed E-state index contributed by atoms with van der Waals surface area (Å²) in [5.74, 6) is 1.15. The molecule has 2 aromatic carbocycles. The Morgan fingerprint density at radius 1 is 1.23 bits per heavy atom. The molecule has 0 spiro atoms. The van der Waals surface area contributed by atoms with Gasteiger partial charge in [0, 0.05) is 30.3 Å². The zero-order valence-corrected chi connectivity index (χ0v) is 14.7. The fourth-order valence-electron chi connectivity index (χ4n) is 2.89. The maximum absolute atomic E-state index is 12.6. The maximum Gasteiger partial charge on any atom is 0.263 e. The number of amides is 1. The fourth-order valence-corrected chi connectivity index (χ4v) is 2.89. The van der Waals surface area contributed by atoms with Crippen molar-refractivity contribution in [2.24, 2.45) is 7.05 Å². The number of nitrogens with one attached hydrogen (secondary N) is 1. The normalized spacial score (nSPS) is 11.2. The number of benzene rings is 2. The molecule has 3 rings (SSSR count). The highest BCUT2D eigenvalue weighted by atomic mass is 19.3. The van der Waals surface area contributed by atoms with E-state index in [1.54, 1.807) is 7.11 Å². The summed E-state index contributed by atoms with van der Waals surface area (Å²) in [4.78, 5) is 16.8. The SMILES string of the molecule is COc1ccc2nc(C)n(C)c2c1CNC(=O)c1ccc(C(F)F)cc1. The van der Waals surface area contributed by atoms with Gasteiger partial charge in [-0.1, -0.05) is 12.1 Å². The van der Waals surface area contributed by atoms with Crippen LogP contribution in [0.15, 0.2) is 36.4 Å². The highest BCUT2D eigenvalue weighted by Crippen LogP contribution is 2.28. The Balaban J connectivity index is 1.86. The number of nitrogens with zero attached hydrogens (tertiary/aromatic N) is 2. The van der Waals surface area contributed by atoms with Gasteiger partial charge in [-0.05, 0) is 31.2 Å². The Labute approximate surface area is 149 Å². The molecular weight excluding hydrogens is 340 g/mol. The van der Waals surface area contributed by atoms with Gasteiger partial charge in [-0.3, -0.25) is 4.79 Å². The molecule has 0 bridgehead atoms. The third kappa shape index (κ3) is 3.24. The second-order valence-corrected chi connectivity index (χ2v) is 5.94. The van der Waals surface area contributed by atoms with Gasteiger partial charge in [-0.15, -0.1) is 0 Å². The minimum atomic E-state index is -2.55. The first kappa shape index (κ1) is 17.8. The molecule has 1 heterocycles. The van der Waals surface area contributed by atoms with E-state index in [2.05, 4.69) is 10.3 Å². The number of carbonyl (C=O) groups is 1. The molecule has 1 aromatic heterocycles. The lowest BCUT2D eigenvalue weighted by atomic mass is 10.1. The number of alkyl halides is 2. The first-order valence-electron chi connectivity index (χ1n) is 8.07. The van der Waals surface area contributed by atoms with Gasteiger partial charge in [-0.2, -0.15) is 0 Å². The minimum absolute atomic E-state index is 0.113. The molecule has 0 saturated heterocycles. The van der Waals surface area contributed by atoms with Gasteiger partial charge in [0.25, 0.3) is 12.3 Å². The van der Waals surface area contributed by atoms with E-state index in [1.807, 2.05) is 30.7 Å². The van der Waals surface area contributed by atoms with E-state index in [0.29, 0.717) is 11.3 Å². The van der Waals surface area contributed by atoms with Crippen LogP contribution in [-0.4, -0.2) is 22.6 Å². The zero-order chi connectivity index (χ0) is 18.8. The van der Waals surface area contributed by atoms with E-state index in [0.717, 1.165) is 22.4 Å². The van der Waals surface area contributed by atoms with Gasteiger partial charge in [0.2, 0.25) is 0 Å². The number of halogens is 2. The van der Waals surface area contributed by atoms with Gasteiger partial charge in [0.1, 0.15) is 11.6 Å². The van der Waals surface area contributed by atoms with E-state index in [4.69, 9.17) is 4.74 Å². The van der Waals surface area contributed by atoms with Crippen LogP contribution in [0, 0.1) is 6.92 Å². The van der Waals surface area contributed by atoms with Crippen molar-refractivity contribution in [2.75, 3.05) is 7.11 Å². The first-order valence-corrected chi connectivity index (χ1v) is 8.07. The fraction of sp³-hybridized carbons (Fsp3) is 0.263. The van der Waals surface area contributed by atoms with E-state index >= 15 is 0 Å². The van der Waals surface area contributed by atoms with E-state index in [9.17, 15) is 13.6 Å². The van der Waals surface area contributed by atoms with Crippen molar-refractivity contribution in [3.05, 3.63) is 58.9 Å². The molecule has 7 heteroatoms. The molecule has 0 atom stereocenters. The molecular formula is C19H19F2N3O2. The van der Waals surface area contributed by atoms with Crippen LogP contribution in [0.3, 0.4) is 0 Å². The number of fused-ring (bicyclic) bond motifs is 1. The number of aryl methyl sites for hydroxylation is 2. The monoisotopic (exact) mass is 359 g/mol. The van der Waals surface area contributed by atoms with Crippen LogP contribution in [0.5, 0.6) is 5.75 Å². The summed E-state index contributed by atoms with van der Waals surface area (Å²) in [5, 5.41) is 2.82. The van der Waals surface area contributed by atoms with Crippen molar-refractivity contribution in [3.63, 3.8) is 0 Å². The Morgan fingerprint density at radius 2 is 1.92 bits per heavy atom. The van der Waals surface area contributed by atoms with Crippen molar-refractivity contribution in [1.29, 1.82) is 0 Å². The lowest BCUT2D eigenvalue weighted by Crippen LogP contribution is -2.23. The van der Waals surface area contributed by atoms with Crippen LogP contribution >= 0.6 is 0 Å². The molecule has 136 valence electrons. The van der Waals surface area contributed by atoms with Crippen molar-refractivity contribution in [2.45, 2.75) is 19.9 Å². The molecule has 0 fully saturated rings. The topological polar surface area (TPSA) is 56.1 Å². The number of rotatable bonds is 5. The zero-order valence-electron chi connectivity index (χ0n) is 14.7. The van der Waals surface area contributed by atoms with Crippen LogP contribution in [0.25, 0.3) is 11.0 Å². The third-order valence-corrected chi connectivity index (χ3v) is 4.39. The molecule has 0 saturated carbocycles. The van der Waals surface area contributed by atoms with Crippen molar-refractivity contribution in [1.82, 2.24) is 14.9 Å². The van der Waals surface area contributed by atoms with E-state index in [1.165, 1.54) is 24.3 Å². The van der Waals surface area contributed by atoms with Crippen LogP contribution in [0.2, 0.25) is 0 Å². The maximum atomic E-state index is 12.6. The number of methoxy groups -OCH3 is 1. The number of hydrogen-bond donors (Lipinski definition) is 1. The average molecular weight is 359 g/mol. The van der Waals surface area contributed by atoms with Gasteiger partial charge >= 0.3 is 0 Å². The van der Waals surface area contributed by atoms with Crippen LogP contribution in [-0.2, 0) is 13.6 Å². The standard InChI is InChI=1S/C19H19F2N3O2/c1-11-23-15-8-9-16(26-3)14(17(15)24(11)2)10-22-19(25)13-6-4-12(5-7-13)18(20)21/h4-9,18H,10H2,1-3H3,(H,22,25). The summed E-state index contributed by atoms with van der Waals surface area (Å²) in [6.07, 6.45) is -2.55. The number of imidazole rings is 1. The predicted octanol–water partition coefficient (Wildman–Crippen LogP) is 3.76. The summed E-state index contributed by atoms with van der Waals surface area (Å²) in [6, 6.07) is 8.98. The summed E-state index contributed by atoms with van der Waals surface area (Å²) in [7, 11) is 3.47. The molecule has 0 unspecified atom stereocenters. The smallest absolute Gasteiger partial charge is 0.263 e. The van der Waals surface area contributed by atoms with Gasteiger partial charge < -0.3 is 14.6 Å². The third-order valence-electron chi connectivity index (χ3n) is 4.39. The summed E-state index contributed by atoms with van der Waals surface area (Å²) >= 11 is 0. The molecule has 3 aromatic rings. The molecule has 1 amide bonds. The molecule has 0 aliphatic heterocycles. The van der Waals surface area contributed by atoms with Gasteiger partial charge in [-0.25, -0.2) is 13.8 Å². The Hall–Kier alpha value is -2.96. The Morgan fingerprint density at radius 3 is 2.54 bits per heavy atom. The quantitative estimate of drug-likeness (QED) is 0.755. The van der Waals surface area contributed by atoms with Gasteiger partial charge in [0.15, 0.2) is 0 Å². The lowest BCUT2D eigenvalue weighted by Gasteiger charge is -2.12. The van der Waals surface area contributed by atoms with Crippen LogP contribution in [0.4, 0.5) is 8.78 Å². The molecule has 26 heavy (non-hydrogen) atoms. The molecule has 1 N–H and O–H groups in total. The largest absolute Gasteiger partial charge is 0.496 e. The summed E-state index contributed by atoms with van der Waals surface area (Å²) in [5.41, 5.74) is 2.72. The van der Waals surface area contributed by atoms with Crippen LogP contribution in [0.1, 0.15) is 33.7 Å². The summed E-state index contributed by atoms with van der Waals surface area (Å²) in [6.45, 7) is 2.13. The molecule has 0 aliphatic rings. The average Bonchev–Trinajstić information content (AvgIpc) is 2.93. The highest BCUT2D eigenvalue weighted by Gasteiger charge is 2.16. The van der Waals surface area contributed by atoms with Crippen molar-refractivity contribution in [3.8, 4) is 5.75 Å². The Kier molecular flexibility index (Phi) is 4.88. The second kappa shape index (κ2) is 7.11. The molecule has 5 nitrogen and oxygen atoms in total. The highest BCUT2D eigenvalue weighted by molar-refractivity contribution is 5.94. The second-order valence-electron chi connectivity index (χ2n) is 5.94. The number of ether oxygens (including phenoxy) is 1. The van der Waals surface area contributed by atoms with E-state index in [-0.39, 0.29) is 18.0 Å². The predicted molar refractivity (Wildman–Crippen MR) is 94.6 cm³/mol. The van der Waals surface area contributed by atoms with Crippen molar-refractivity contribution < 1.29 is 18.3 Å². The molecule has 0 aliphatic carbocycles. The number of carbonyl (C=O) groups excluding carboxylic acids is 1.